The number of methoxy groups -OCH3 is 1. The normalized spacial score (nSPS) is 18.0. The molecule has 1 aromatic carbocycles. The minimum absolute atomic E-state index is 0.312. The predicted octanol–water partition coefficient (Wildman–Crippen LogP) is 3.21. The molecular formula is C20H27NO6. The molecule has 0 aliphatic carbocycles. The van der Waals surface area contributed by atoms with Gasteiger partial charge in [-0.3, -0.25) is 9.69 Å². The van der Waals surface area contributed by atoms with Gasteiger partial charge in [-0.2, -0.15) is 0 Å². The van der Waals surface area contributed by atoms with Crippen molar-refractivity contribution in [1.82, 2.24) is 4.90 Å². The van der Waals surface area contributed by atoms with Gasteiger partial charge >= 0.3 is 12.1 Å². The van der Waals surface area contributed by atoms with Crippen molar-refractivity contribution in [1.29, 1.82) is 0 Å². The number of esters is 1. The van der Waals surface area contributed by atoms with Crippen LogP contribution in [0, 0.1) is 0 Å². The second-order valence-corrected chi connectivity index (χ2v) is 7.50. The molecule has 1 aliphatic heterocycles. The highest BCUT2D eigenvalue weighted by Crippen LogP contribution is 2.23. The largest absolute Gasteiger partial charge is 0.497 e. The van der Waals surface area contributed by atoms with Gasteiger partial charge in [0.2, 0.25) is 5.78 Å². The number of rotatable bonds is 5. The Morgan fingerprint density at radius 2 is 1.78 bits per heavy atom. The van der Waals surface area contributed by atoms with E-state index in [4.69, 9.17) is 14.2 Å². The summed E-state index contributed by atoms with van der Waals surface area (Å²) in [6.07, 6.45) is -0.329. The molecule has 0 unspecified atom stereocenters. The number of hydrogen-bond donors (Lipinski definition) is 0. The van der Waals surface area contributed by atoms with Gasteiger partial charge in [0, 0.05) is 12.1 Å². The Kier molecular flexibility index (Phi) is 6.46. The summed E-state index contributed by atoms with van der Waals surface area (Å²) in [6, 6.07) is 5.85. The van der Waals surface area contributed by atoms with Crippen LogP contribution in [0.1, 0.15) is 50.9 Å². The lowest BCUT2D eigenvalue weighted by Crippen LogP contribution is -2.45. The van der Waals surface area contributed by atoms with Crippen LogP contribution in [0.15, 0.2) is 24.3 Å². The summed E-state index contributed by atoms with van der Waals surface area (Å²) in [5, 5.41) is 0. The van der Waals surface area contributed by atoms with Gasteiger partial charge in [-0.15, -0.1) is 0 Å². The zero-order chi connectivity index (χ0) is 20.2. The molecule has 0 saturated carbocycles. The fourth-order valence-corrected chi connectivity index (χ4v) is 2.85. The van der Waals surface area contributed by atoms with Crippen LogP contribution in [0.2, 0.25) is 0 Å². The quantitative estimate of drug-likeness (QED) is 0.579. The van der Waals surface area contributed by atoms with E-state index in [-0.39, 0.29) is 5.78 Å². The van der Waals surface area contributed by atoms with Crippen LogP contribution in [-0.2, 0) is 14.3 Å². The molecular weight excluding hydrogens is 350 g/mol. The summed E-state index contributed by atoms with van der Waals surface area (Å²) >= 11 is 0. The number of benzene rings is 1. The number of likely N-dealkylation sites (tertiary alicyclic amines) is 1. The number of ketones is 1. The fourth-order valence-electron chi connectivity index (χ4n) is 2.85. The van der Waals surface area contributed by atoms with Gasteiger partial charge < -0.3 is 14.2 Å². The second-order valence-electron chi connectivity index (χ2n) is 7.50. The van der Waals surface area contributed by atoms with Gasteiger partial charge in [0.05, 0.1) is 7.11 Å². The predicted molar refractivity (Wildman–Crippen MR) is 98.8 cm³/mol. The Hall–Kier alpha value is -2.57. The third kappa shape index (κ3) is 5.45. The number of carbonyl (C=O) groups is 3. The smallest absolute Gasteiger partial charge is 0.411 e. The summed E-state index contributed by atoms with van der Waals surface area (Å²) in [7, 11) is 1.54. The van der Waals surface area contributed by atoms with E-state index in [1.807, 2.05) is 0 Å². The highest BCUT2D eigenvalue weighted by molar-refractivity contribution is 6.00. The van der Waals surface area contributed by atoms with Gasteiger partial charge in [-0.05, 0) is 64.8 Å². The number of carbonyl (C=O) groups excluding carboxylic acids is 3. The van der Waals surface area contributed by atoms with Crippen molar-refractivity contribution in [2.24, 2.45) is 0 Å². The minimum atomic E-state index is -0.952. The first-order chi connectivity index (χ1) is 12.6. The van der Waals surface area contributed by atoms with E-state index in [0.29, 0.717) is 30.7 Å². The van der Waals surface area contributed by atoms with Crippen LogP contribution < -0.4 is 4.74 Å². The van der Waals surface area contributed by atoms with Crippen molar-refractivity contribution >= 4 is 17.8 Å². The Balaban J connectivity index is 1.99. The molecule has 7 nitrogen and oxygen atoms in total. The zero-order valence-electron chi connectivity index (χ0n) is 16.5. The van der Waals surface area contributed by atoms with Crippen LogP contribution in [-0.4, -0.2) is 54.1 Å². The van der Waals surface area contributed by atoms with E-state index in [0.717, 1.165) is 0 Å². The highest BCUT2D eigenvalue weighted by atomic mass is 16.6. The molecule has 2 rings (SSSR count). The highest BCUT2D eigenvalue weighted by Gasteiger charge is 2.38. The third-order valence-electron chi connectivity index (χ3n) is 4.19. The maximum Gasteiger partial charge on any atom is 0.411 e. The van der Waals surface area contributed by atoms with Gasteiger partial charge in [0.1, 0.15) is 17.4 Å². The molecule has 2 atom stereocenters. The number of ether oxygens (including phenoxy) is 3. The molecule has 0 bridgehead atoms. The average molecular weight is 377 g/mol. The summed E-state index contributed by atoms with van der Waals surface area (Å²) in [4.78, 5) is 38.7. The Morgan fingerprint density at radius 3 is 2.33 bits per heavy atom. The van der Waals surface area contributed by atoms with E-state index < -0.39 is 29.8 Å². The summed E-state index contributed by atoms with van der Waals surface area (Å²) in [6.45, 7) is 7.25. The number of amides is 1. The van der Waals surface area contributed by atoms with Crippen molar-refractivity contribution in [2.75, 3.05) is 13.7 Å². The lowest BCUT2D eigenvalue weighted by atomic mass is 10.1. The van der Waals surface area contributed by atoms with Crippen LogP contribution >= 0.6 is 0 Å². The maximum atomic E-state index is 12.5. The second kappa shape index (κ2) is 8.41. The monoisotopic (exact) mass is 377 g/mol. The van der Waals surface area contributed by atoms with Gasteiger partial charge in [0.25, 0.3) is 0 Å². The van der Waals surface area contributed by atoms with E-state index in [2.05, 4.69) is 0 Å². The van der Waals surface area contributed by atoms with Crippen LogP contribution in [0.3, 0.4) is 0 Å². The van der Waals surface area contributed by atoms with Crippen molar-refractivity contribution in [2.45, 2.75) is 58.3 Å². The van der Waals surface area contributed by atoms with Crippen molar-refractivity contribution < 1.29 is 28.6 Å². The molecule has 1 heterocycles. The maximum absolute atomic E-state index is 12.5. The molecule has 0 spiro atoms. The Bertz CT molecular complexity index is 691. The Labute approximate surface area is 159 Å². The molecule has 7 heteroatoms. The van der Waals surface area contributed by atoms with E-state index in [1.165, 1.54) is 11.8 Å². The molecule has 1 fully saturated rings. The summed E-state index contributed by atoms with van der Waals surface area (Å²) in [5.74, 6) is -0.268. The van der Waals surface area contributed by atoms with E-state index in [1.54, 1.807) is 52.1 Å². The van der Waals surface area contributed by atoms with Crippen LogP contribution in [0.5, 0.6) is 5.75 Å². The van der Waals surface area contributed by atoms with Crippen molar-refractivity contribution in [3.63, 3.8) is 0 Å². The van der Waals surface area contributed by atoms with E-state index in [9.17, 15) is 14.4 Å². The van der Waals surface area contributed by atoms with Crippen molar-refractivity contribution in [3.8, 4) is 5.75 Å². The molecule has 1 aliphatic rings. The standard InChI is InChI=1S/C20H27NO6/c1-13(17(22)14-8-10-15(25-5)11-9-14)26-18(23)16-7-6-12-21(16)19(24)27-20(2,3)4/h8-11,13,16H,6-7,12H2,1-5H3/t13-,16-/m0/s1. The minimum Gasteiger partial charge on any atom is -0.497 e. The molecule has 0 aromatic heterocycles. The number of Topliss-reactive ketones (excluding diaryl/α,β-unsaturated/α-hetero) is 1. The summed E-state index contributed by atoms with van der Waals surface area (Å²) < 4.78 is 15.8. The zero-order valence-corrected chi connectivity index (χ0v) is 16.5. The number of hydrogen-bond acceptors (Lipinski definition) is 6. The average Bonchev–Trinajstić information content (AvgIpc) is 3.09. The molecule has 148 valence electrons. The first-order valence-corrected chi connectivity index (χ1v) is 9.01. The molecule has 1 amide bonds. The lowest BCUT2D eigenvalue weighted by molar-refractivity contribution is -0.151. The topological polar surface area (TPSA) is 82.1 Å². The fraction of sp³-hybridized carbons (Fsp3) is 0.550. The van der Waals surface area contributed by atoms with Gasteiger partial charge in [-0.1, -0.05) is 0 Å². The summed E-state index contributed by atoms with van der Waals surface area (Å²) in [5.41, 5.74) is -0.224. The lowest BCUT2D eigenvalue weighted by Gasteiger charge is -2.28. The number of nitrogens with zero attached hydrogens (tertiary/aromatic N) is 1. The van der Waals surface area contributed by atoms with Crippen LogP contribution in [0.25, 0.3) is 0 Å². The molecule has 0 N–H and O–H groups in total. The van der Waals surface area contributed by atoms with Gasteiger partial charge in [-0.25, -0.2) is 9.59 Å². The first-order valence-electron chi connectivity index (χ1n) is 9.01. The van der Waals surface area contributed by atoms with Gasteiger partial charge in [0.15, 0.2) is 6.10 Å². The molecule has 27 heavy (non-hydrogen) atoms. The SMILES string of the molecule is COc1ccc(C(=O)[C@H](C)OC(=O)[C@@H]2CCCN2C(=O)OC(C)(C)C)cc1. The molecule has 1 aromatic rings. The molecule has 1 saturated heterocycles. The third-order valence-corrected chi connectivity index (χ3v) is 4.19. The first kappa shape index (κ1) is 20.7. The molecule has 0 radical (unpaired) electrons. The van der Waals surface area contributed by atoms with Crippen molar-refractivity contribution in [3.05, 3.63) is 29.8 Å². The van der Waals surface area contributed by atoms with E-state index >= 15 is 0 Å². The van der Waals surface area contributed by atoms with Crippen LogP contribution in [0.4, 0.5) is 4.79 Å². The Morgan fingerprint density at radius 1 is 1.15 bits per heavy atom.